The molecular weight excluding hydrogens is 532 g/mol. The lowest BCUT2D eigenvalue weighted by molar-refractivity contribution is 0.0628. The van der Waals surface area contributed by atoms with Crippen LogP contribution in [0.5, 0.6) is 5.75 Å². The minimum atomic E-state index is -0.513. The molecular formula is C27H24BrClN2O4. The molecule has 1 N–H and O–H groups in total. The lowest BCUT2D eigenvalue weighted by atomic mass is 10.0. The standard InChI is InChI=1S/C27H24BrClN2O4/c1-2-13-35-24-12-9-18(15-23(24)29)25(32)30-20(14-17-7-10-19(28)11-8-17)16-31-26(33)21-5-3-4-6-22(21)27(31)34/h3-12,15,20H,2,13-14,16H2,1H3,(H,30,32)/t20-/m0/s1. The van der Waals surface area contributed by atoms with Gasteiger partial charge in [-0.15, -0.1) is 0 Å². The van der Waals surface area contributed by atoms with E-state index in [1.54, 1.807) is 42.5 Å². The highest BCUT2D eigenvalue weighted by atomic mass is 79.9. The van der Waals surface area contributed by atoms with E-state index in [1.807, 2.05) is 31.2 Å². The van der Waals surface area contributed by atoms with Crippen LogP contribution in [0.4, 0.5) is 0 Å². The van der Waals surface area contributed by atoms with Crippen LogP contribution in [0, 0.1) is 0 Å². The predicted octanol–water partition coefficient (Wildman–Crippen LogP) is 5.53. The second-order valence-electron chi connectivity index (χ2n) is 8.26. The van der Waals surface area contributed by atoms with E-state index < -0.39 is 6.04 Å². The van der Waals surface area contributed by atoms with Gasteiger partial charge in [0.1, 0.15) is 5.75 Å². The number of nitrogens with one attached hydrogen (secondary N) is 1. The molecule has 3 amide bonds. The number of amides is 3. The Kier molecular flexibility index (Phi) is 7.88. The molecule has 0 bridgehead atoms. The third-order valence-corrected chi connectivity index (χ3v) is 6.49. The normalized spacial score (nSPS) is 13.5. The van der Waals surface area contributed by atoms with Crippen LogP contribution in [0.25, 0.3) is 0 Å². The van der Waals surface area contributed by atoms with Crippen LogP contribution in [0.15, 0.2) is 71.2 Å². The minimum Gasteiger partial charge on any atom is -0.492 e. The van der Waals surface area contributed by atoms with Crippen LogP contribution in [0.2, 0.25) is 5.02 Å². The van der Waals surface area contributed by atoms with E-state index in [0.717, 1.165) is 16.5 Å². The minimum absolute atomic E-state index is 0.0412. The first-order valence-corrected chi connectivity index (χ1v) is 12.5. The van der Waals surface area contributed by atoms with E-state index in [0.29, 0.717) is 40.5 Å². The van der Waals surface area contributed by atoms with Crippen molar-refractivity contribution < 1.29 is 19.1 Å². The first-order valence-electron chi connectivity index (χ1n) is 11.3. The van der Waals surface area contributed by atoms with Gasteiger partial charge in [-0.3, -0.25) is 19.3 Å². The molecule has 0 unspecified atom stereocenters. The summed E-state index contributed by atoms with van der Waals surface area (Å²) in [5.74, 6) is -0.558. The van der Waals surface area contributed by atoms with Crippen LogP contribution in [-0.2, 0) is 6.42 Å². The number of hydrogen-bond acceptors (Lipinski definition) is 4. The topological polar surface area (TPSA) is 75.7 Å². The highest BCUT2D eigenvalue weighted by molar-refractivity contribution is 9.10. The Morgan fingerprint density at radius 3 is 2.29 bits per heavy atom. The number of rotatable bonds is 9. The van der Waals surface area contributed by atoms with Crippen molar-refractivity contribution in [1.29, 1.82) is 0 Å². The zero-order chi connectivity index (χ0) is 24.9. The summed E-state index contributed by atoms with van der Waals surface area (Å²) in [5, 5.41) is 3.33. The van der Waals surface area contributed by atoms with Crippen LogP contribution in [0.3, 0.4) is 0 Å². The van der Waals surface area contributed by atoms with Crippen molar-refractivity contribution in [1.82, 2.24) is 10.2 Å². The van der Waals surface area contributed by atoms with E-state index in [2.05, 4.69) is 21.2 Å². The maximum absolute atomic E-state index is 13.1. The Bertz CT molecular complexity index is 1230. The number of carbonyl (C=O) groups excluding carboxylic acids is 3. The molecule has 4 rings (SSSR count). The fourth-order valence-corrected chi connectivity index (χ4v) is 4.43. The second kappa shape index (κ2) is 11.1. The molecule has 6 nitrogen and oxygen atoms in total. The highest BCUT2D eigenvalue weighted by Crippen LogP contribution is 2.26. The van der Waals surface area contributed by atoms with Gasteiger partial charge in [0.25, 0.3) is 17.7 Å². The molecule has 1 aliphatic heterocycles. The Morgan fingerprint density at radius 2 is 1.69 bits per heavy atom. The molecule has 1 atom stereocenters. The number of ether oxygens (including phenoxy) is 1. The second-order valence-corrected chi connectivity index (χ2v) is 9.58. The van der Waals surface area contributed by atoms with E-state index in [9.17, 15) is 14.4 Å². The van der Waals surface area contributed by atoms with Gasteiger partial charge in [0, 0.05) is 16.6 Å². The molecule has 1 heterocycles. The maximum Gasteiger partial charge on any atom is 0.261 e. The van der Waals surface area contributed by atoms with Crippen molar-refractivity contribution in [2.24, 2.45) is 0 Å². The molecule has 0 saturated heterocycles. The summed E-state index contributed by atoms with van der Waals surface area (Å²) in [5.41, 5.74) is 2.07. The number of imide groups is 1. The van der Waals surface area contributed by atoms with Crippen molar-refractivity contribution >= 4 is 45.3 Å². The third kappa shape index (κ3) is 5.74. The Morgan fingerprint density at radius 1 is 1.03 bits per heavy atom. The molecule has 0 fully saturated rings. The monoisotopic (exact) mass is 554 g/mol. The van der Waals surface area contributed by atoms with Gasteiger partial charge in [-0.05, 0) is 60.9 Å². The zero-order valence-electron chi connectivity index (χ0n) is 19.1. The summed E-state index contributed by atoms with van der Waals surface area (Å²) in [4.78, 5) is 40.2. The van der Waals surface area contributed by atoms with Crippen molar-refractivity contribution in [3.05, 3.63) is 98.5 Å². The zero-order valence-corrected chi connectivity index (χ0v) is 21.4. The number of hydrogen-bond donors (Lipinski definition) is 1. The summed E-state index contributed by atoms with van der Waals surface area (Å²) in [6.07, 6.45) is 1.27. The van der Waals surface area contributed by atoms with Gasteiger partial charge in [-0.1, -0.05) is 58.7 Å². The molecule has 3 aromatic rings. The smallest absolute Gasteiger partial charge is 0.261 e. The molecule has 0 aromatic heterocycles. The molecule has 35 heavy (non-hydrogen) atoms. The van der Waals surface area contributed by atoms with Gasteiger partial charge in [0.05, 0.1) is 28.8 Å². The molecule has 0 spiro atoms. The maximum atomic E-state index is 13.1. The van der Waals surface area contributed by atoms with Crippen LogP contribution >= 0.6 is 27.5 Å². The van der Waals surface area contributed by atoms with Gasteiger partial charge in [0.15, 0.2) is 0 Å². The van der Waals surface area contributed by atoms with Crippen LogP contribution < -0.4 is 10.1 Å². The Balaban J connectivity index is 1.55. The quantitative estimate of drug-likeness (QED) is 0.352. The third-order valence-electron chi connectivity index (χ3n) is 5.67. The van der Waals surface area contributed by atoms with Crippen LogP contribution in [0.1, 0.15) is 50.0 Å². The summed E-state index contributed by atoms with van der Waals surface area (Å²) in [7, 11) is 0. The van der Waals surface area contributed by atoms with Crippen molar-refractivity contribution in [3.8, 4) is 5.75 Å². The molecule has 3 aromatic carbocycles. The number of carbonyl (C=O) groups is 3. The molecule has 1 aliphatic rings. The molecule has 0 radical (unpaired) electrons. The molecule has 0 aliphatic carbocycles. The van der Waals surface area contributed by atoms with E-state index in [4.69, 9.17) is 16.3 Å². The highest BCUT2D eigenvalue weighted by Gasteiger charge is 2.36. The molecule has 0 saturated carbocycles. The van der Waals surface area contributed by atoms with Crippen molar-refractivity contribution in [3.63, 3.8) is 0 Å². The Labute approximate surface area is 217 Å². The van der Waals surface area contributed by atoms with Crippen molar-refractivity contribution in [2.45, 2.75) is 25.8 Å². The first-order chi connectivity index (χ1) is 16.9. The predicted molar refractivity (Wildman–Crippen MR) is 138 cm³/mol. The molecule has 8 heteroatoms. The average Bonchev–Trinajstić information content (AvgIpc) is 3.09. The summed E-state index contributed by atoms with van der Waals surface area (Å²) >= 11 is 9.73. The lowest BCUT2D eigenvalue weighted by Gasteiger charge is -2.24. The number of halogens is 2. The van der Waals surface area contributed by atoms with Gasteiger partial charge in [-0.25, -0.2) is 0 Å². The van der Waals surface area contributed by atoms with E-state index >= 15 is 0 Å². The van der Waals surface area contributed by atoms with E-state index in [1.165, 1.54) is 4.90 Å². The van der Waals surface area contributed by atoms with Crippen LogP contribution in [-0.4, -0.2) is 41.8 Å². The average molecular weight is 556 g/mol. The first kappa shape index (κ1) is 24.9. The molecule has 180 valence electrons. The fourth-order valence-electron chi connectivity index (χ4n) is 3.93. The number of fused-ring (bicyclic) bond motifs is 1. The SMILES string of the molecule is CCCOc1ccc(C(=O)N[C@@H](Cc2ccc(Br)cc2)CN2C(=O)c3ccccc3C2=O)cc1Cl. The van der Waals surface area contributed by atoms with E-state index in [-0.39, 0.29) is 24.3 Å². The van der Waals surface area contributed by atoms with Gasteiger partial charge < -0.3 is 10.1 Å². The summed E-state index contributed by atoms with van der Waals surface area (Å²) in [6, 6.07) is 18.8. The number of benzene rings is 3. The Hall–Kier alpha value is -3.16. The fraction of sp³-hybridized carbons (Fsp3) is 0.222. The van der Waals surface area contributed by atoms with Gasteiger partial charge in [0.2, 0.25) is 0 Å². The summed E-state index contributed by atoms with van der Waals surface area (Å²) < 4.78 is 6.52. The number of nitrogens with zero attached hydrogens (tertiary/aromatic N) is 1. The lowest BCUT2D eigenvalue weighted by Crippen LogP contribution is -2.47. The van der Waals surface area contributed by atoms with Gasteiger partial charge >= 0.3 is 0 Å². The van der Waals surface area contributed by atoms with Crippen molar-refractivity contribution in [2.75, 3.05) is 13.2 Å². The largest absolute Gasteiger partial charge is 0.492 e. The van der Waals surface area contributed by atoms with Gasteiger partial charge in [-0.2, -0.15) is 0 Å². The summed E-state index contributed by atoms with van der Waals surface area (Å²) in [6.45, 7) is 2.57.